The number of rotatable bonds is 8. The highest BCUT2D eigenvalue weighted by molar-refractivity contribution is 6.02. The number of ether oxygens (including phenoxy) is 3. The SMILES string of the molecule is CCOc1ccccc1NC(=O)C=Cc1ccc(OCC)c(OC)c1. The summed E-state index contributed by atoms with van der Waals surface area (Å²) in [7, 11) is 1.59. The third kappa shape index (κ3) is 5.28. The van der Waals surface area contributed by atoms with Crippen molar-refractivity contribution in [3.05, 3.63) is 54.1 Å². The van der Waals surface area contributed by atoms with Gasteiger partial charge in [0.15, 0.2) is 11.5 Å². The lowest BCUT2D eigenvalue weighted by Gasteiger charge is -2.10. The van der Waals surface area contributed by atoms with Gasteiger partial charge in [0.05, 0.1) is 26.0 Å². The molecule has 25 heavy (non-hydrogen) atoms. The van der Waals surface area contributed by atoms with E-state index in [-0.39, 0.29) is 5.91 Å². The molecule has 2 aromatic carbocycles. The molecule has 1 N–H and O–H groups in total. The number of para-hydroxylation sites is 2. The molecule has 5 nitrogen and oxygen atoms in total. The number of anilines is 1. The highest BCUT2D eigenvalue weighted by atomic mass is 16.5. The van der Waals surface area contributed by atoms with Gasteiger partial charge in [0, 0.05) is 6.08 Å². The number of hydrogen-bond donors (Lipinski definition) is 1. The van der Waals surface area contributed by atoms with Crippen molar-refractivity contribution >= 4 is 17.7 Å². The van der Waals surface area contributed by atoms with Gasteiger partial charge in [-0.3, -0.25) is 4.79 Å². The molecule has 1 amide bonds. The Bertz CT molecular complexity index is 740. The molecule has 2 aromatic rings. The quantitative estimate of drug-likeness (QED) is 0.733. The van der Waals surface area contributed by atoms with Crippen molar-refractivity contribution in [2.75, 3.05) is 25.6 Å². The second-order valence-electron chi connectivity index (χ2n) is 5.10. The Hall–Kier alpha value is -2.95. The molecule has 0 aliphatic heterocycles. The monoisotopic (exact) mass is 341 g/mol. The van der Waals surface area contributed by atoms with Crippen LogP contribution in [0.4, 0.5) is 5.69 Å². The van der Waals surface area contributed by atoms with E-state index in [1.54, 1.807) is 19.3 Å². The number of methoxy groups -OCH3 is 1. The average molecular weight is 341 g/mol. The van der Waals surface area contributed by atoms with Crippen LogP contribution < -0.4 is 19.5 Å². The van der Waals surface area contributed by atoms with Crippen molar-refractivity contribution in [1.29, 1.82) is 0 Å². The number of amides is 1. The van der Waals surface area contributed by atoms with Crippen LogP contribution in [0.2, 0.25) is 0 Å². The van der Waals surface area contributed by atoms with Crippen molar-refractivity contribution < 1.29 is 19.0 Å². The van der Waals surface area contributed by atoms with Crippen LogP contribution in [0.3, 0.4) is 0 Å². The second kappa shape index (κ2) is 9.37. The maximum absolute atomic E-state index is 12.2. The molecule has 0 aliphatic carbocycles. The van der Waals surface area contributed by atoms with Gasteiger partial charge in [0.2, 0.25) is 5.91 Å². The fourth-order valence-corrected chi connectivity index (χ4v) is 2.26. The van der Waals surface area contributed by atoms with Gasteiger partial charge in [-0.15, -0.1) is 0 Å². The van der Waals surface area contributed by atoms with E-state index in [4.69, 9.17) is 14.2 Å². The largest absolute Gasteiger partial charge is 0.493 e. The first kappa shape index (κ1) is 18.4. The molecule has 0 spiro atoms. The summed E-state index contributed by atoms with van der Waals surface area (Å²) in [5.74, 6) is 1.72. The van der Waals surface area contributed by atoms with Crippen molar-refractivity contribution in [3.63, 3.8) is 0 Å². The Balaban J connectivity index is 2.08. The van der Waals surface area contributed by atoms with Crippen LogP contribution in [0, 0.1) is 0 Å². The fourth-order valence-electron chi connectivity index (χ4n) is 2.26. The standard InChI is InChI=1S/C20H23NO4/c1-4-24-17-9-7-6-8-16(17)21-20(22)13-11-15-10-12-18(25-5-2)19(14-15)23-3/h6-14H,4-5H2,1-3H3,(H,21,22). The molecule has 0 fully saturated rings. The van der Waals surface area contributed by atoms with Crippen molar-refractivity contribution in [3.8, 4) is 17.2 Å². The van der Waals surface area contributed by atoms with Gasteiger partial charge in [0.25, 0.3) is 0 Å². The molecule has 0 atom stereocenters. The molecule has 2 rings (SSSR count). The van der Waals surface area contributed by atoms with Gasteiger partial charge in [-0.2, -0.15) is 0 Å². The van der Waals surface area contributed by atoms with E-state index in [0.29, 0.717) is 36.1 Å². The number of hydrogen-bond acceptors (Lipinski definition) is 4. The zero-order valence-corrected chi connectivity index (χ0v) is 14.7. The molecule has 0 radical (unpaired) electrons. The summed E-state index contributed by atoms with van der Waals surface area (Å²) in [5, 5.41) is 2.82. The van der Waals surface area contributed by atoms with E-state index < -0.39 is 0 Å². The van der Waals surface area contributed by atoms with Gasteiger partial charge in [-0.1, -0.05) is 18.2 Å². The highest BCUT2D eigenvalue weighted by Gasteiger charge is 2.06. The summed E-state index contributed by atoms with van der Waals surface area (Å²) < 4.78 is 16.3. The van der Waals surface area contributed by atoms with Crippen LogP contribution in [0.15, 0.2) is 48.5 Å². The van der Waals surface area contributed by atoms with Crippen molar-refractivity contribution in [1.82, 2.24) is 0 Å². The number of carbonyl (C=O) groups is 1. The summed E-state index contributed by atoms with van der Waals surface area (Å²) in [6.07, 6.45) is 3.19. The van der Waals surface area contributed by atoms with Crippen LogP contribution >= 0.6 is 0 Å². The molecular weight excluding hydrogens is 318 g/mol. The van der Waals surface area contributed by atoms with Crippen LogP contribution in [0.25, 0.3) is 6.08 Å². The van der Waals surface area contributed by atoms with E-state index in [0.717, 1.165) is 5.56 Å². The summed E-state index contributed by atoms with van der Waals surface area (Å²) in [5.41, 5.74) is 1.48. The van der Waals surface area contributed by atoms with Crippen LogP contribution in [-0.2, 0) is 4.79 Å². The van der Waals surface area contributed by atoms with Gasteiger partial charge in [0.1, 0.15) is 5.75 Å². The Kier molecular flexibility index (Phi) is 6.89. The third-order valence-corrected chi connectivity index (χ3v) is 3.36. The first-order chi connectivity index (χ1) is 12.2. The normalized spacial score (nSPS) is 10.5. The lowest BCUT2D eigenvalue weighted by atomic mass is 10.2. The van der Waals surface area contributed by atoms with E-state index in [9.17, 15) is 4.79 Å². The zero-order chi connectivity index (χ0) is 18.1. The van der Waals surface area contributed by atoms with Crippen LogP contribution in [-0.4, -0.2) is 26.2 Å². The average Bonchev–Trinajstić information content (AvgIpc) is 2.63. The van der Waals surface area contributed by atoms with E-state index in [1.807, 2.05) is 50.2 Å². The molecule has 0 bridgehead atoms. The number of carbonyl (C=O) groups excluding carboxylic acids is 1. The van der Waals surface area contributed by atoms with Gasteiger partial charge >= 0.3 is 0 Å². The third-order valence-electron chi connectivity index (χ3n) is 3.36. The Morgan fingerprint density at radius 3 is 2.44 bits per heavy atom. The van der Waals surface area contributed by atoms with Crippen LogP contribution in [0.5, 0.6) is 17.2 Å². The maximum atomic E-state index is 12.2. The summed E-state index contributed by atoms with van der Waals surface area (Å²) in [4.78, 5) is 12.2. The van der Waals surface area contributed by atoms with Gasteiger partial charge < -0.3 is 19.5 Å². The highest BCUT2D eigenvalue weighted by Crippen LogP contribution is 2.28. The van der Waals surface area contributed by atoms with Gasteiger partial charge in [-0.05, 0) is 49.8 Å². The molecular formula is C20H23NO4. The Morgan fingerprint density at radius 2 is 1.72 bits per heavy atom. The minimum Gasteiger partial charge on any atom is -0.493 e. The number of nitrogens with one attached hydrogen (secondary N) is 1. The van der Waals surface area contributed by atoms with Crippen LogP contribution in [0.1, 0.15) is 19.4 Å². The lowest BCUT2D eigenvalue weighted by molar-refractivity contribution is -0.111. The molecule has 0 saturated heterocycles. The van der Waals surface area contributed by atoms with Crippen molar-refractivity contribution in [2.24, 2.45) is 0 Å². The van der Waals surface area contributed by atoms with E-state index in [1.165, 1.54) is 6.08 Å². The fraction of sp³-hybridized carbons (Fsp3) is 0.250. The maximum Gasteiger partial charge on any atom is 0.248 e. The predicted octanol–water partition coefficient (Wildman–Crippen LogP) is 4.14. The molecule has 0 aromatic heterocycles. The second-order valence-corrected chi connectivity index (χ2v) is 5.10. The Morgan fingerprint density at radius 1 is 1.00 bits per heavy atom. The van der Waals surface area contributed by atoms with Crippen molar-refractivity contribution in [2.45, 2.75) is 13.8 Å². The number of benzene rings is 2. The lowest BCUT2D eigenvalue weighted by Crippen LogP contribution is -2.09. The first-order valence-corrected chi connectivity index (χ1v) is 8.19. The minimum absolute atomic E-state index is 0.236. The summed E-state index contributed by atoms with van der Waals surface area (Å²) in [6.45, 7) is 4.91. The topological polar surface area (TPSA) is 56.8 Å². The molecule has 0 aliphatic rings. The first-order valence-electron chi connectivity index (χ1n) is 8.19. The summed E-state index contributed by atoms with van der Waals surface area (Å²) >= 11 is 0. The summed E-state index contributed by atoms with van der Waals surface area (Å²) in [6, 6.07) is 12.8. The molecule has 132 valence electrons. The van der Waals surface area contributed by atoms with E-state index >= 15 is 0 Å². The molecule has 0 unspecified atom stereocenters. The molecule has 0 heterocycles. The molecule has 0 saturated carbocycles. The smallest absolute Gasteiger partial charge is 0.248 e. The van der Waals surface area contributed by atoms with Gasteiger partial charge in [-0.25, -0.2) is 0 Å². The molecule has 5 heteroatoms. The Labute approximate surface area is 148 Å². The zero-order valence-electron chi connectivity index (χ0n) is 14.7. The van der Waals surface area contributed by atoms with E-state index in [2.05, 4.69) is 5.32 Å². The minimum atomic E-state index is -0.236. The predicted molar refractivity (Wildman–Crippen MR) is 99.4 cm³/mol.